The Hall–Kier alpha value is -1.81. The summed E-state index contributed by atoms with van der Waals surface area (Å²) in [5.74, 6) is 0. The van der Waals surface area contributed by atoms with E-state index in [4.69, 9.17) is 5.73 Å². The van der Waals surface area contributed by atoms with Crippen molar-refractivity contribution in [3.63, 3.8) is 0 Å². The molecule has 19 heavy (non-hydrogen) atoms. The molecule has 4 heteroatoms. The van der Waals surface area contributed by atoms with E-state index in [1.54, 1.807) is 0 Å². The monoisotopic (exact) mass is 259 g/mol. The zero-order valence-corrected chi connectivity index (χ0v) is 11.7. The smallest absolute Gasteiger partial charge is 0.0727 e. The summed E-state index contributed by atoms with van der Waals surface area (Å²) in [5.41, 5.74) is 9.60. The summed E-state index contributed by atoms with van der Waals surface area (Å²) >= 11 is 0. The molecule has 1 heterocycles. The van der Waals surface area contributed by atoms with Crippen molar-refractivity contribution in [2.24, 2.45) is 0 Å². The molecular weight excluding hydrogens is 238 g/mol. The van der Waals surface area contributed by atoms with E-state index in [-0.39, 0.29) is 6.61 Å². The Morgan fingerprint density at radius 1 is 1.32 bits per heavy atom. The molecule has 0 saturated heterocycles. The van der Waals surface area contributed by atoms with Crippen LogP contribution in [0.4, 0.5) is 11.4 Å². The number of pyridine rings is 1. The van der Waals surface area contributed by atoms with Crippen molar-refractivity contribution in [1.82, 2.24) is 4.98 Å². The molecule has 1 aromatic carbocycles. The molecule has 3 N–H and O–H groups in total. The number of hydrogen-bond acceptors (Lipinski definition) is 4. The number of hydrogen-bond donors (Lipinski definition) is 2. The Bertz CT molecular complexity index is 581. The zero-order valence-electron chi connectivity index (χ0n) is 11.7. The molecule has 1 aromatic heterocycles. The van der Waals surface area contributed by atoms with Crippen LogP contribution in [0, 0.1) is 6.92 Å². The van der Waals surface area contributed by atoms with Crippen LogP contribution in [-0.2, 0) is 0 Å². The highest BCUT2D eigenvalue weighted by atomic mass is 16.3. The largest absolute Gasteiger partial charge is 0.399 e. The molecule has 0 aliphatic heterocycles. The minimum atomic E-state index is 0.128. The lowest BCUT2D eigenvalue weighted by molar-refractivity contribution is 0.299. The fourth-order valence-corrected chi connectivity index (χ4v) is 2.36. The van der Waals surface area contributed by atoms with E-state index < -0.39 is 0 Å². The van der Waals surface area contributed by atoms with Gasteiger partial charge in [0.1, 0.15) is 0 Å². The number of nitrogens with two attached hydrogens (primary N) is 1. The number of aliphatic hydroxyl groups is 1. The highest BCUT2D eigenvalue weighted by Crippen LogP contribution is 2.29. The normalized spacial score (nSPS) is 11.2. The number of aliphatic hydroxyl groups excluding tert-OH is 1. The highest BCUT2D eigenvalue weighted by molar-refractivity contribution is 5.94. The Labute approximate surface area is 113 Å². The van der Waals surface area contributed by atoms with E-state index in [1.165, 1.54) is 0 Å². The van der Waals surface area contributed by atoms with Crippen LogP contribution >= 0.6 is 0 Å². The predicted octanol–water partition coefficient (Wildman–Crippen LogP) is 2.33. The van der Waals surface area contributed by atoms with E-state index in [2.05, 4.69) is 29.8 Å². The van der Waals surface area contributed by atoms with E-state index >= 15 is 0 Å². The Morgan fingerprint density at radius 2 is 2.05 bits per heavy atom. The van der Waals surface area contributed by atoms with E-state index in [9.17, 15) is 5.11 Å². The number of rotatable bonds is 4. The topological polar surface area (TPSA) is 62.4 Å². The molecule has 2 aromatic rings. The minimum absolute atomic E-state index is 0.128. The summed E-state index contributed by atoms with van der Waals surface area (Å²) in [5, 5.41) is 10.3. The first-order valence-electron chi connectivity index (χ1n) is 6.57. The zero-order chi connectivity index (χ0) is 14.0. The number of nitrogens with zero attached hydrogens (tertiary/aromatic N) is 2. The van der Waals surface area contributed by atoms with E-state index in [0.29, 0.717) is 12.6 Å². The second-order valence-electron chi connectivity index (χ2n) is 5.07. The van der Waals surface area contributed by atoms with Crippen molar-refractivity contribution in [2.75, 3.05) is 23.8 Å². The van der Waals surface area contributed by atoms with Gasteiger partial charge in [-0.1, -0.05) is 0 Å². The van der Waals surface area contributed by atoms with Crippen molar-refractivity contribution in [1.29, 1.82) is 0 Å². The molecular formula is C15H21N3O. The molecule has 102 valence electrons. The number of nitrogen functional groups attached to an aromatic ring is 1. The molecule has 0 aliphatic carbocycles. The van der Waals surface area contributed by atoms with E-state index in [1.807, 2.05) is 25.1 Å². The van der Waals surface area contributed by atoms with Gasteiger partial charge in [-0.25, -0.2) is 0 Å². The summed E-state index contributed by atoms with van der Waals surface area (Å²) in [4.78, 5) is 6.71. The van der Waals surface area contributed by atoms with Crippen LogP contribution in [0.1, 0.15) is 19.5 Å². The molecule has 0 bridgehead atoms. The molecule has 4 nitrogen and oxygen atoms in total. The SMILES string of the molecule is Cc1cc(N(CCO)C(C)C)c2cc(N)ccc2n1. The third kappa shape index (κ3) is 2.79. The molecule has 0 spiro atoms. The van der Waals surface area contributed by atoms with Gasteiger partial charge in [-0.05, 0) is 45.0 Å². The maximum atomic E-state index is 9.26. The molecule has 2 rings (SSSR count). The van der Waals surface area contributed by atoms with Gasteiger partial charge < -0.3 is 15.7 Å². The van der Waals surface area contributed by atoms with Gasteiger partial charge >= 0.3 is 0 Å². The van der Waals surface area contributed by atoms with Crippen LogP contribution in [0.25, 0.3) is 10.9 Å². The van der Waals surface area contributed by atoms with Crippen molar-refractivity contribution >= 4 is 22.3 Å². The number of fused-ring (bicyclic) bond motifs is 1. The Morgan fingerprint density at radius 3 is 2.68 bits per heavy atom. The summed E-state index contributed by atoms with van der Waals surface area (Å²) in [7, 11) is 0. The highest BCUT2D eigenvalue weighted by Gasteiger charge is 2.14. The summed E-state index contributed by atoms with van der Waals surface area (Å²) in [6.07, 6.45) is 0. The second-order valence-corrected chi connectivity index (χ2v) is 5.07. The first-order valence-corrected chi connectivity index (χ1v) is 6.57. The molecule has 0 unspecified atom stereocenters. The lowest BCUT2D eigenvalue weighted by Crippen LogP contribution is -2.33. The predicted molar refractivity (Wildman–Crippen MR) is 80.5 cm³/mol. The molecule has 0 atom stereocenters. The molecule has 0 aliphatic rings. The lowest BCUT2D eigenvalue weighted by atomic mass is 10.1. The molecule has 0 saturated carbocycles. The third-order valence-corrected chi connectivity index (χ3v) is 3.21. The maximum absolute atomic E-state index is 9.26. The lowest BCUT2D eigenvalue weighted by Gasteiger charge is -2.29. The van der Waals surface area contributed by atoms with E-state index in [0.717, 1.165) is 28.0 Å². The Balaban J connectivity index is 2.65. The molecule has 0 amide bonds. The van der Waals surface area contributed by atoms with Crippen molar-refractivity contribution in [3.05, 3.63) is 30.0 Å². The maximum Gasteiger partial charge on any atom is 0.0727 e. The first kappa shape index (κ1) is 13.6. The number of anilines is 2. The van der Waals surface area contributed by atoms with Crippen LogP contribution < -0.4 is 10.6 Å². The quantitative estimate of drug-likeness (QED) is 0.827. The summed E-state index contributed by atoms with van der Waals surface area (Å²) < 4.78 is 0. The van der Waals surface area contributed by atoms with Crippen molar-refractivity contribution in [3.8, 4) is 0 Å². The number of aryl methyl sites for hydroxylation is 1. The Kier molecular flexibility index (Phi) is 3.90. The first-order chi connectivity index (χ1) is 9.02. The third-order valence-electron chi connectivity index (χ3n) is 3.21. The molecule has 0 radical (unpaired) electrons. The van der Waals surface area contributed by atoms with Crippen LogP contribution in [0.5, 0.6) is 0 Å². The second kappa shape index (κ2) is 5.45. The fraction of sp³-hybridized carbons (Fsp3) is 0.400. The van der Waals surface area contributed by atoms with Gasteiger partial charge in [0.05, 0.1) is 12.1 Å². The average Bonchev–Trinajstić information content (AvgIpc) is 2.35. The summed E-state index contributed by atoms with van der Waals surface area (Å²) in [6, 6.07) is 8.11. The van der Waals surface area contributed by atoms with Gasteiger partial charge in [0.2, 0.25) is 0 Å². The van der Waals surface area contributed by atoms with Gasteiger partial charge in [0.15, 0.2) is 0 Å². The summed E-state index contributed by atoms with van der Waals surface area (Å²) in [6.45, 7) is 6.94. The van der Waals surface area contributed by atoms with Gasteiger partial charge in [0.25, 0.3) is 0 Å². The number of benzene rings is 1. The van der Waals surface area contributed by atoms with Crippen LogP contribution in [-0.4, -0.2) is 29.3 Å². The van der Waals surface area contributed by atoms with Gasteiger partial charge in [-0.15, -0.1) is 0 Å². The van der Waals surface area contributed by atoms with Crippen molar-refractivity contribution in [2.45, 2.75) is 26.8 Å². The standard InChI is InChI=1S/C15H21N3O/c1-10(2)18(6-7-19)15-8-11(3)17-14-5-4-12(16)9-13(14)15/h4-5,8-10,19H,6-7,16H2,1-3H3. The van der Waals surface area contributed by atoms with Gasteiger partial charge in [-0.2, -0.15) is 0 Å². The van der Waals surface area contributed by atoms with Gasteiger partial charge in [0, 0.05) is 35.0 Å². The minimum Gasteiger partial charge on any atom is -0.399 e. The van der Waals surface area contributed by atoms with Crippen LogP contribution in [0.3, 0.4) is 0 Å². The van der Waals surface area contributed by atoms with Crippen molar-refractivity contribution < 1.29 is 5.11 Å². The molecule has 0 fully saturated rings. The number of aromatic nitrogens is 1. The van der Waals surface area contributed by atoms with Crippen LogP contribution in [0.15, 0.2) is 24.3 Å². The van der Waals surface area contributed by atoms with Crippen LogP contribution in [0.2, 0.25) is 0 Å². The van der Waals surface area contributed by atoms with Gasteiger partial charge in [-0.3, -0.25) is 4.98 Å². The average molecular weight is 259 g/mol. The fourth-order valence-electron chi connectivity index (χ4n) is 2.36.